The Morgan fingerprint density at radius 2 is 2.14 bits per heavy atom. The summed E-state index contributed by atoms with van der Waals surface area (Å²) in [4.78, 5) is 14.1. The third-order valence-electron chi connectivity index (χ3n) is 3.67. The minimum atomic E-state index is -1.11. The molecule has 0 fully saturated rings. The molecule has 0 unspecified atom stereocenters. The molecule has 1 aliphatic rings. The first-order valence-corrected chi connectivity index (χ1v) is 8.06. The predicted octanol–water partition coefficient (Wildman–Crippen LogP) is 4.63. The zero-order valence-electron chi connectivity index (χ0n) is 11.7. The molecule has 3 rings (SSSR count). The Hall–Kier alpha value is -0.780. The summed E-state index contributed by atoms with van der Waals surface area (Å²) in [5.41, 5.74) is 2.27. The molecule has 7 heteroatoms. The molecule has 0 bridgehead atoms. The highest BCUT2D eigenvalue weighted by Crippen LogP contribution is 2.40. The molecule has 0 aliphatic carbocycles. The topological polar surface area (TPSA) is 40.5 Å². The van der Waals surface area contributed by atoms with Gasteiger partial charge in [-0.3, -0.25) is 0 Å². The van der Waals surface area contributed by atoms with Crippen molar-refractivity contribution < 1.29 is 9.90 Å². The van der Waals surface area contributed by atoms with Crippen molar-refractivity contribution in [2.24, 2.45) is 0 Å². The van der Waals surface area contributed by atoms with Gasteiger partial charge in [-0.1, -0.05) is 23.2 Å². The minimum Gasteiger partial charge on any atom is -0.477 e. The van der Waals surface area contributed by atoms with Gasteiger partial charge >= 0.3 is 5.97 Å². The number of hydrogen-bond acceptors (Lipinski definition) is 3. The number of rotatable bonds is 2. The lowest BCUT2D eigenvalue weighted by molar-refractivity contribution is -0.131. The average molecular weight is 379 g/mol. The lowest BCUT2D eigenvalue weighted by Crippen LogP contribution is -2.18. The van der Waals surface area contributed by atoms with Gasteiger partial charge in [-0.2, -0.15) is 0 Å². The monoisotopic (exact) mass is 377 g/mol. The third-order valence-corrected chi connectivity index (χ3v) is 5.44. The number of carbonyl (C=O) groups is 1. The number of likely N-dealkylation sites (N-methyl/N-ethyl adjacent to an activating group) is 1. The number of carboxylic acid groups (broad SMARTS) is 1. The van der Waals surface area contributed by atoms with Crippen LogP contribution in [0.4, 0.5) is 0 Å². The Balaban J connectivity index is 0.00000176. The van der Waals surface area contributed by atoms with Crippen molar-refractivity contribution in [2.45, 2.75) is 13.0 Å². The third kappa shape index (κ3) is 3.12. The number of carboxylic acids is 1. The van der Waals surface area contributed by atoms with Crippen LogP contribution >= 0.6 is 46.9 Å². The summed E-state index contributed by atoms with van der Waals surface area (Å²) in [6.45, 7) is 1.69. The summed E-state index contributed by atoms with van der Waals surface area (Å²) in [5, 5.41) is 10.7. The SMILES string of the molecule is CN1CCc2c(Cl)ccc3sc(/C=C(/Cl)C(=O)O)c(c23)C1.Cl. The quantitative estimate of drug-likeness (QED) is 0.775. The minimum absolute atomic E-state index is 0. The molecule has 0 radical (unpaired) electrons. The van der Waals surface area contributed by atoms with Crippen molar-refractivity contribution in [3.63, 3.8) is 0 Å². The van der Waals surface area contributed by atoms with E-state index in [4.69, 9.17) is 28.3 Å². The molecule has 0 saturated carbocycles. The summed E-state index contributed by atoms with van der Waals surface area (Å²) >= 11 is 13.7. The Kier molecular flexibility index (Phi) is 5.41. The van der Waals surface area contributed by atoms with Crippen LogP contribution in [-0.2, 0) is 17.8 Å². The molecule has 0 saturated heterocycles. The van der Waals surface area contributed by atoms with E-state index in [9.17, 15) is 4.79 Å². The van der Waals surface area contributed by atoms with Crippen molar-refractivity contribution in [3.8, 4) is 0 Å². The molecule has 2 heterocycles. The fourth-order valence-corrected chi connectivity index (χ4v) is 4.28. The molecule has 22 heavy (non-hydrogen) atoms. The van der Waals surface area contributed by atoms with E-state index in [1.807, 2.05) is 12.1 Å². The van der Waals surface area contributed by atoms with Crippen LogP contribution in [0.25, 0.3) is 16.2 Å². The van der Waals surface area contributed by atoms with Gasteiger partial charge < -0.3 is 10.0 Å². The molecule has 1 N–H and O–H groups in total. The lowest BCUT2D eigenvalue weighted by atomic mass is 10.0. The molecule has 0 spiro atoms. The number of halogens is 3. The second-order valence-corrected chi connectivity index (χ2v) is 7.03. The van der Waals surface area contributed by atoms with E-state index >= 15 is 0 Å². The Bertz CT molecular complexity index is 770. The number of thiophene rings is 1. The molecule has 3 nitrogen and oxygen atoms in total. The van der Waals surface area contributed by atoms with Gasteiger partial charge in [-0.25, -0.2) is 4.79 Å². The van der Waals surface area contributed by atoms with Crippen LogP contribution in [0, 0.1) is 0 Å². The summed E-state index contributed by atoms with van der Waals surface area (Å²) in [5.74, 6) is -1.11. The van der Waals surface area contributed by atoms with Crippen LogP contribution in [0.5, 0.6) is 0 Å². The van der Waals surface area contributed by atoms with Crippen molar-refractivity contribution >= 4 is 69.1 Å². The van der Waals surface area contributed by atoms with E-state index in [1.54, 1.807) is 17.4 Å². The zero-order chi connectivity index (χ0) is 15.1. The van der Waals surface area contributed by atoms with E-state index < -0.39 is 5.97 Å². The number of benzene rings is 1. The van der Waals surface area contributed by atoms with Gasteiger partial charge in [0.05, 0.1) is 0 Å². The fourth-order valence-electron chi connectivity index (χ4n) is 2.67. The number of hydrogen-bond donors (Lipinski definition) is 1. The van der Waals surface area contributed by atoms with Gasteiger partial charge in [0.15, 0.2) is 0 Å². The van der Waals surface area contributed by atoms with Crippen LogP contribution in [0.2, 0.25) is 5.02 Å². The standard InChI is InChI=1S/C15H13Cl2NO2S.ClH/c1-18-5-4-8-10(16)2-3-12-14(8)9(7-18)13(21-12)6-11(17)15(19)20;/h2-3,6H,4-5,7H2,1H3,(H,19,20);1H/b11-6+;. The van der Waals surface area contributed by atoms with Crippen molar-refractivity contribution in [1.29, 1.82) is 0 Å². The number of aliphatic carboxylic acids is 1. The van der Waals surface area contributed by atoms with Gasteiger partial charge in [0.1, 0.15) is 5.03 Å². The summed E-state index contributed by atoms with van der Waals surface area (Å²) in [7, 11) is 2.05. The predicted molar refractivity (Wildman–Crippen MR) is 95.6 cm³/mol. The highest BCUT2D eigenvalue weighted by molar-refractivity contribution is 7.20. The summed E-state index contributed by atoms with van der Waals surface area (Å²) in [6, 6.07) is 3.91. The second kappa shape index (κ2) is 6.77. The van der Waals surface area contributed by atoms with Crippen molar-refractivity contribution in [2.75, 3.05) is 13.6 Å². The van der Waals surface area contributed by atoms with Gasteiger partial charge in [0.25, 0.3) is 0 Å². The highest BCUT2D eigenvalue weighted by Gasteiger charge is 2.21. The van der Waals surface area contributed by atoms with Gasteiger partial charge in [0, 0.05) is 33.1 Å². The van der Waals surface area contributed by atoms with Crippen molar-refractivity contribution in [3.05, 3.63) is 38.2 Å². The van der Waals surface area contributed by atoms with E-state index in [2.05, 4.69) is 11.9 Å². The molecule has 1 aromatic carbocycles. The zero-order valence-corrected chi connectivity index (χ0v) is 14.9. The maximum Gasteiger partial charge on any atom is 0.347 e. The molecular formula is C15H14Cl3NO2S. The van der Waals surface area contributed by atoms with E-state index in [-0.39, 0.29) is 17.4 Å². The van der Waals surface area contributed by atoms with Gasteiger partial charge in [0.2, 0.25) is 0 Å². The Morgan fingerprint density at radius 1 is 1.41 bits per heavy atom. The van der Waals surface area contributed by atoms with Crippen LogP contribution < -0.4 is 0 Å². The lowest BCUT2D eigenvalue weighted by Gasteiger charge is -2.13. The van der Waals surface area contributed by atoms with E-state index in [0.29, 0.717) is 0 Å². The molecule has 1 aliphatic heterocycles. The molecule has 118 valence electrons. The smallest absolute Gasteiger partial charge is 0.347 e. The average Bonchev–Trinajstić information content (AvgIpc) is 2.64. The molecule has 2 aromatic rings. The van der Waals surface area contributed by atoms with Crippen LogP contribution in [0.15, 0.2) is 17.2 Å². The largest absolute Gasteiger partial charge is 0.477 e. The first kappa shape index (κ1) is 17.6. The van der Waals surface area contributed by atoms with Crippen LogP contribution in [0.1, 0.15) is 16.0 Å². The van der Waals surface area contributed by atoms with Gasteiger partial charge in [-0.05, 0) is 42.8 Å². The molecular weight excluding hydrogens is 365 g/mol. The second-order valence-electron chi connectivity index (χ2n) is 5.13. The van der Waals surface area contributed by atoms with Crippen LogP contribution in [0.3, 0.4) is 0 Å². The normalized spacial score (nSPS) is 15.5. The first-order valence-electron chi connectivity index (χ1n) is 6.49. The summed E-state index contributed by atoms with van der Waals surface area (Å²) < 4.78 is 1.13. The molecule has 1 aromatic heterocycles. The number of nitrogens with zero attached hydrogens (tertiary/aromatic N) is 1. The van der Waals surface area contributed by atoms with E-state index in [0.717, 1.165) is 50.6 Å². The summed E-state index contributed by atoms with van der Waals surface area (Å²) in [6.07, 6.45) is 2.44. The Morgan fingerprint density at radius 3 is 2.82 bits per heavy atom. The first-order chi connectivity index (χ1) is 9.97. The van der Waals surface area contributed by atoms with Gasteiger partial charge in [-0.15, -0.1) is 23.7 Å². The fraction of sp³-hybridized carbons (Fsp3) is 0.267. The molecule has 0 amide bonds. The maximum absolute atomic E-state index is 11.0. The Labute approximate surface area is 148 Å². The van der Waals surface area contributed by atoms with Crippen molar-refractivity contribution in [1.82, 2.24) is 4.90 Å². The highest BCUT2D eigenvalue weighted by atomic mass is 35.5. The molecule has 0 atom stereocenters. The maximum atomic E-state index is 11.0. The van der Waals surface area contributed by atoms with Crippen LogP contribution in [-0.4, -0.2) is 29.6 Å². The van der Waals surface area contributed by atoms with E-state index in [1.165, 1.54) is 0 Å².